The maximum atomic E-state index is 11.5. The molecule has 94 valence electrons. The summed E-state index contributed by atoms with van der Waals surface area (Å²) in [5.74, 6) is 0.821. The van der Waals surface area contributed by atoms with Crippen molar-refractivity contribution >= 4 is 5.91 Å². The number of likely N-dealkylation sites (tertiary alicyclic amines) is 1. The molecule has 0 bridgehead atoms. The largest absolute Gasteiger partial charge is 0.355 e. The van der Waals surface area contributed by atoms with Crippen LogP contribution in [-0.4, -0.2) is 36.5 Å². The van der Waals surface area contributed by atoms with Gasteiger partial charge in [-0.2, -0.15) is 0 Å². The Labute approximate surface area is 99.6 Å². The molecule has 1 fully saturated rings. The Morgan fingerprint density at radius 3 is 2.44 bits per heavy atom. The molecule has 0 aromatic carbocycles. The summed E-state index contributed by atoms with van der Waals surface area (Å²) in [6, 6.07) is 0.491. The zero-order valence-electron chi connectivity index (χ0n) is 11.0. The Morgan fingerprint density at radius 1 is 1.25 bits per heavy atom. The van der Waals surface area contributed by atoms with Crippen molar-refractivity contribution in [3.8, 4) is 0 Å². The molecule has 1 amide bonds. The van der Waals surface area contributed by atoms with Crippen LogP contribution < -0.4 is 5.32 Å². The molecular formula is C13H26N2O. The second kappa shape index (κ2) is 6.89. The predicted octanol–water partition coefficient (Wildman–Crippen LogP) is 2.02. The highest BCUT2D eigenvalue weighted by Crippen LogP contribution is 2.10. The number of amides is 1. The molecule has 0 saturated carbocycles. The lowest BCUT2D eigenvalue weighted by molar-refractivity contribution is -0.121. The number of carbonyl (C=O) groups excluding carboxylic acids is 1. The Morgan fingerprint density at radius 2 is 1.88 bits per heavy atom. The monoisotopic (exact) mass is 226 g/mol. The van der Waals surface area contributed by atoms with E-state index in [9.17, 15) is 4.79 Å². The Kier molecular flexibility index (Phi) is 5.81. The summed E-state index contributed by atoms with van der Waals surface area (Å²) in [6.07, 6.45) is 4.28. The van der Waals surface area contributed by atoms with Crippen LogP contribution in [0.5, 0.6) is 0 Å². The van der Waals surface area contributed by atoms with Crippen LogP contribution in [0.1, 0.15) is 46.5 Å². The molecule has 0 unspecified atom stereocenters. The van der Waals surface area contributed by atoms with Gasteiger partial charge in [-0.25, -0.2) is 0 Å². The van der Waals surface area contributed by atoms with Crippen molar-refractivity contribution in [2.45, 2.75) is 52.5 Å². The second-order valence-electron chi connectivity index (χ2n) is 5.33. The van der Waals surface area contributed by atoms with Crippen molar-refractivity contribution < 1.29 is 4.79 Å². The molecule has 0 aliphatic carbocycles. The quantitative estimate of drug-likeness (QED) is 0.751. The maximum Gasteiger partial charge on any atom is 0.220 e. The molecule has 1 heterocycles. The van der Waals surface area contributed by atoms with E-state index >= 15 is 0 Å². The molecule has 1 aliphatic rings. The molecule has 1 saturated heterocycles. The standard InChI is InChI=1S/C13H26N2O/c1-11(2)6-7-13(16)14-10-12(3)15-8-4-5-9-15/h11-12H,4-10H2,1-3H3,(H,14,16)/t12-/m1/s1. The van der Waals surface area contributed by atoms with Crippen molar-refractivity contribution in [1.29, 1.82) is 0 Å². The van der Waals surface area contributed by atoms with Crippen molar-refractivity contribution in [3.63, 3.8) is 0 Å². The molecule has 1 N–H and O–H groups in total. The highest BCUT2D eigenvalue weighted by atomic mass is 16.1. The first-order valence-electron chi connectivity index (χ1n) is 6.60. The molecular weight excluding hydrogens is 200 g/mol. The number of nitrogens with one attached hydrogen (secondary N) is 1. The molecule has 3 heteroatoms. The van der Waals surface area contributed by atoms with E-state index in [0.717, 1.165) is 13.0 Å². The van der Waals surface area contributed by atoms with E-state index in [1.165, 1.54) is 25.9 Å². The fraction of sp³-hybridized carbons (Fsp3) is 0.923. The lowest BCUT2D eigenvalue weighted by atomic mass is 10.1. The lowest BCUT2D eigenvalue weighted by Crippen LogP contribution is -2.40. The molecule has 16 heavy (non-hydrogen) atoms. The predicted molar refractivity (Wildman–Crippen MR) is 67.4 cm³/mol. The summed E-state index contributed by atoms with van der Waals surface area (Å²) < 4.78 is 0. The first-order valence-corrected chi connectivity index (χ1v) is 6.60. The van der Waals surface area contributed by atoms with Gasteiger partial charge in [-0.05, 0) is 45.2 Å². The second-order valence-corrected chi connectivity index (χ2v) is 5.33. The first-order chi connectivity index (χ1) is 7.59. The topological polar surface area (TPSA) is 32.3 Å². The third kappa shape index (κ3) is 4.97. The SMILES string of the molecule is CC(C)CCC(=O)NC[C@@H](C)N1CCCC1. The van der Waals surface area contributed by atoms with Gasteiger partial charge in [-0.15, -0.1) is 0 Å². The molecule has 0 aromatic rings. The van der Waals surface area contributed by atoms with E-state index in [1.54, 1.807) is 0 Å². The van der Waals surface area contributed by atoms with Crippen LogP contribution in [0, 0.1) is 5.92 Å². The zero-order valence-corrected chi connectivity index (χ0v) is 11.0. The molecule has 0 aromatic heterocycles. The normalized spacial score (nSPS) is 19.0. The highest BCUT2D eigenvalue weighted by Gasteiger charge is 2.18. The minimum Gasteiger partial charge on any atom is -0.355 e. The zero-order chi connectivity index (χ0) is 12.0. The average molecular weight is 226 g/mol. The van der Waals surface area contributed by atoms with Gasteiger partial charge in [-0.3, -0.25) is 9.69 Å². The van der Waals surface area contributed by atoms with E-state index in [-0.39, 0.29) is 5.91 Å². The van der Waals surface area contributed by atoms with Crippen LogP contribution in [0.15, 0.2) is 0 Å². The summed E-state index contributed by atoms with van der Waals surface area (Å²) in [7, 11) is 0. The average Bonchev–Trinajstić information content (AvgIpc) is 2.76. The number of rotatable bonds is 6. The third-order valence-corrected chi connectivity index (χ3v) is 3.31. The van der Waals surface area contributed by atoms with Gasteiger partial charge in [0, 0.05) is 19.0 Å². The summed E-state index contributed by atoms with van der Waals surface area (Å²) >= 11 is 0. The molecule has 1 rings (SSSR count). The van der Waals surface area contributed by atoms with Gasteiger partial charge in [0.25, 0.3) is 0 Å². The fourth-order valence-corrected chi connectivity index (χ4v) is 2.08. The van der Waals surface area contributed by atoms with Gasteiger partial charge >= 0.3 is 0 Å². The minimum absolute atomic E-state index is 0.208. The van der Waals surface area contributed by atoms with E-state index in [0.29, 0.717) is 18.4 Å². The van der Waals surface area contributed by atoms with Crippen LogP contribution in [0.4, 0.5) is 0 Å². The summed E-state index contributed by atoms with van der Waals surface area (Å²) in [4.78, 5) is 14.0. The van der Waals surface area contributed by atoms with Crippen molar-refractivity contribution in [1.82, 2.24) is 10.2 Å². The van der Waals surface area contributed by atoms with E-state index in [2.05, 4.69) is 31.0 Å². The fourth-order valence-electron chi connectivity index (χ4n) is 2.08. The molecule has 0 radical (unpaired) electrons. The molecule has 0 spiro atoms. The van der Waals surface area contributed by atoms with Crippen molar-refractivity contribution in [3.05, 3.63) is 0 Å². The maximum absolute atomic E-state index is 11.5. The molecule has 3 nitrogen and oxygen atoms in total. The summed E-state index contributed by atoms with van der Waals surface area (Å²) in [5, 5.41) is 3.03. The van der Waals surface area contributed by atoms with Gasteiger partial charge < -0.3 is 5.32 Å². The van der Waals surface area contributed by atoms with E-state index < -0.39 is 0 Å². The number of hydrogen-bond acceptors (Lipinski definition) is 2. The van der Waals surface area contributed by atoms with E-state index in [1.807, 2.05) is 0 Å². The van der Waals surface area contributed by atoms with Gasteiger partial charge in [0.1, 0.15) is 0 Å². The summed E-state index contributed by atoms with van der Waals surface area (Å²) in [5.41, 5.74) is 0. The lowest BCUT2D eigenvalue weighted by Gasteiger charge is -2.23. The van der Waals surface area contributed by atoms with Gasteiger partial charge in [0.15, 0.2) is 0 Å². The number of nitrogens with zero attached hydrogens (tertiary/aromatic N) is 1. The van der Waals surface area contributed by atoms with Crippen molar-refractivity contribution in [2.24, 2.45) is 5.92 Å². The van der Waals surface area contributed by atoms with Crippen LogP contribution in [-0.2, 0) is 4.79 Å². The van der Waals surface area contributed by atoms with Crippen LogP contribution in [0.3, 0.4) is 0 Å². The first kappa shape index (κ1) is 13.5. The van der Waals surface area contributed by atoms with Crippen LogP contribution in [0.25, 0.3) is 0 Å². The van der Waals surface area contributed by atoms with Crippen molar-refractivity contribution in [2.75, 3.05) is 19.6 Å². The highest BCUT2D eigenvalue weighted by molar-refractivity contribution is 5.75. The smallest absolute Gasteiger partial charge is 0.220 e. The molecule has 1 aliphatic heterocycles. The van der Waals surface area contributed by atoms with Gasteiger partial charge in [-0.1, -0.05) is 13.8 Å². The number of hydrogen-bond donors (Lipinski definition) is 1. The van der Waals surface area contributed by atoms with E-state index in [4.69, 9.17) is 0 Å². The minimum atomic E-state index is 0.208. The Balaban J connectivity index is 2.10. The van der Waals surface area contributed by atoms with Gasteiger partial charge in [0.05, 0.1) is 0 Å². The van der Waals surface area contributed by atoms with Crippen LogP contribution >= 0.6 is 0 Å². The number of carbonyl (C=O) groups is 1. The third-order valence-electron chi connectivity index (χ3n) is 3.31. The molecule has 1 atom stereocenters. The Bertz CT molecular complexity index is 210. The van der Waals surface area contributed by atoms with Crippen LogP contribution in [0.2, 0.25) is 0 Å². The summed E-state index contributed by atoms with van der Waals surface area (Å²) in [6.45, 7) is 9.71. The van der Waals surface area contributed by atoms with Gasteiger partial charge in [0.2, 0.25) is 5.91 Å². The Hall–Kier alpha value is -0.570.